The molecule has 0 aliphatic carbocycles. The highest BCUT2D eigenvalue weighted by atomic mass is 32.2. The molecule has 1 aliphatic heterocycles. The van der Waals surface area contributed by atoms with E-state index in [4.69, 9.17) is 0 Å². The Labute approximate surface area is 117 Å². The first kappa shape index (κ1) is 13.5. The summed E-state index contributed by atoms with van der Waals surface area (Å²) in [5.74, 6) is 0. The van der Waals surface area contributed by atoms with Gasteiger partial charge >= 0.3 is 0 Å². The Bertz CT molecular complexity index is 734. The van der Waals surface area contributed by atoms with Crippen molar-refractivity contribution >= 4 is 20.8 Å². The van der Waals surface area contributed by atoms with Crippen LogP contribution < -0.4 is 0 Å². The van der Waals surface area contributed by atoms with Crippen LogP contribution in [-0.2, 0) is 10.0 Å². The largest absolute Gasteiger partial charge is 0.389 e. The van der Waals surface area contributed by atoms with Crippen LogP contribution in [-0.4, -0.2) is 48.2 Å². The summed E-state index contributed by atoms with van der Waals surface area (Å²) >= 11 is 0. The van der Waals surface area contributed by atoms with Crippen molar-refractivity contribution in [2.24, 2.45) is 0 Å². The average Bonchev–Trinajstić information content (AvgIpc) is 2.79. The van der Waals surface area contributed by atoms with Crippen molar-refractivity contribution in [2.45, 2.75) is 17.1 Å². The predicted molar refractivity (Wildman–Crippen MR) is 74.7 cm³/mol. The monoisotopic (exact) mass is 293 g/mol. The zero-order valence-electron chi connectivity index (χ0n) is 10.7. The lowest BCUT2D eigenvalue weighted by atomic mass is 10.1. The van der Waals surface area contributed by atoms with Crippen LogP contribution in [0.3, 0.4) is 0 Å². The fourth-order valence-electron chi connectivity index (χ4n) is 2.41. The van der Waals surface area contributed by atoms with E-state index in [9.17, 15) is 18.6 Å². The molecular formula is C14H15NO4S. The van der Waals surface area contributed by atoms with Crippen molar-refractivity contribution in [2.75, 3.05) is 13.1 Å². The standard InChI is InChI=1S/C14H15NO4S/c16-13-8-15(9-14(13)17)20(18,19)12-6-5-10-3-1-2-4-11(10)7-12/h1-7,13-14,16-17H,8-9H2/t13-,14+. The Hall–Kier alpha value is -1.47. The molecule has 2 N–H and O–H groups in total. The third-order valence-corrected chi connectivity index (χ3v) is 5.41. The van der Waals surface area contributed by atoms with E-state index in [1.807, 2.05) is 24.3 Å². The Kier molecular flexibility index (Phi) is 3.25. The average molecular weight is 293 g/mol. The van der Waals surface area contributed by atoms with Gasteiger partial charge in [0.1, 0.15) is 0 Å². The van der Waals surface area contributed by atoms with Gasteiger partial charge in [0.05, 0.1) is 17.1 Å². The van der Waals surface area contributed by atoms with Crippen LogP contribution in [0.2, 0.25) is 0 Å². The fourth-order valence-corrected chi connectivity index (χ4v) is 3.92. The minimum absolute atomic E-state index is 0.0731. The predicted octanol–water partition coefficient (Wildman–Crippen LogP) is 0.566. The molecule has 2 aromatic carbocycles. The molecule has 0 amide bonds. The quantitative estimate of drug-likeness (QED) is 0.848. The molecule has 0 saturated carbocycles. The molecule has 1 heterocycles. The van der Waals surface area contributed by atoms with Crippen molar-refractivity contribution in [1.29, 1.82) is 0 Å². The Morgan fingerprint density at radius 1 is 0.950 bits per heavy atom. The zero-order chi connectivity index (χ0) is 14.3. The number of β-amino-alcohol motifs (C(OH)–C–C–N with tert-alkyl or cyclic N) is 2. The molecule has 106 valence electrons. The van der Waals surface area contributed by atoms with Crippen LogP contribution >= 0.6 is 0 Å². The van der Waals surface area contributed by atoms with Crippen LogP contribution in [0.4, 0.5) is 0 Å². The first-order valence-corrected chi connectivity index (χ1v) is 7.77. The number of hydrogen-bond acceptors (Lipinski definition) is 4. The van der Waals surface area contributed by atoms with E-state index >= 15 is 0 Å². The maximum absolute atomic E-state index is 12.5. The molecule has 0 radical (unpaired) electrons. The summed E-state index contributed by atoms with van der Waals surface area (Å²) in [4.78, 5) is 0.178. The number of sulfonamides is 1. The topological polar surface area (TPSA) is 77.8 Å². The van der Waals surface area contributed by atoms with Gasteiger partial charge in [0.15, 0.2) is 0 Å². The lowest BCUT2D eigenvalue weighted by molar-refractivity contribution is 0.0572. The summed E-state index contributed by atoms with van der Waals surface area (Å²) in [6.07, 6.45) is -2.05. The second kappa shape index (κ2) is 4.82. The van der Waals surface area contributed by atoms with Gasteiger partial charge in [-0.3, -0.25) is 0 Å². The van der Waals surface area contributed by atoms with Crippen LogP contribution in [0.15, 0.2) is 47.4 Å². The van der Waals surface area contributed by atoms with Crippen molar-refractivity contribution in [3.63, 3.8) is 0 Å². The lowest BCUT2D eigenvalue weighted by Gasteiger charge is -2.15. The van der Waals surface area contributed by atoms with E-state index in [1.165, 1.54) is 0 Å². The smallest absolute Gasteiger partial charge is 0.243 e. The Morgan fingerprint density at radius 3 is 2.20 bits per heavy atom. The van der Waals surface area contributed by atoms with Crippen molar-refractivity contribution < 1.29 is 18.6 Å². The van der Waals surface area contributed by atoms with Crippen molar-refractivity contribution in [3.05, 3.63) is 42.5 Å². The second-order valence-corrected chi connectivity index (χ2v) is 6.90. The molecule has 5 nitrogen and oxygen atoms in total. The third kappa shape index (κ3) is 2.20. The van der Waals surface area contributed by atoms with E-state index < -0.39 is 22.2 Å². The molecular weight excluding hydrogens is 278 g/mol. The second-order valence-electron chi connectivity index (χ2n) is 4.97. The molecule has 3 rings (SSSR count). The summed E-state index contributed by atoms with van der Waals surface area (Å²) in [5, 5.41) is 20.8. The molecule has 2 atom stereocenters. The molecule has 0 unspecified atom stereocenters. The van der Waals surface area contributed by atoms with Gasteiger partial charge in [0.2, 0.25) is 10.0 Å². The number of hydrogen-bond donors (Lipinski definition) is 2. The van der Waals surface area contributed by atoms with Crippen molar-refractivity contribution in [3.8, 4) is 0 Å². The van der Waals surface area contributed by atoms with Crippen LogP contribution in [0.1, 0.15) is 0 Å². The van der Waals surface area contributed by atoms with Gasteiger partial charge in [-0.2, -0.15) is 4.31 Å². The van der Waals surface area contributed by atoms with Gasteiger partial charge in [-0.1, -0.05) is 30.3 Å². The SMILES string of the molecule is O=S(=O)(c1ccc2ccccc2c1)N1C[C@@H](O)[C@@H](O)C1. The van der Waals surface area contributed by atoms with E-state index in [-0.39, 0.29) is 18.0 Å². The molecule has 1 aliphatic rings. The normalized spacial score (nSPS) is 24.3. The minimum atomic E-state index is -3.68. The molecule has 1 saturated heterocycles. The lowest BCUT2D eigenvalue weighted by Crippen LogP contribution is -2.29. The summed E-state index contributed by atoms with van der Waals surface area (Å²) in [6.45, 7) is -0.146. The highest BCUT2D eigenvalue weighted by Gasteiger charge is 2.37. The van der Waals surface area contributed by atoms with Gasteiger partial charge in [-0.05, 0) is 22.9 Å². The maximum atomic E-state index is 12.5. The van der Waals surface area contributed by atoms with Gasteiger partial charge in [-0.15, -0.1) is 0 Å². The van der Waals surface area contributed by atoms with Gasteiger partial charge in [0, 0.05) is 13.1 Å². The maximum Gasteiger partial charge on any atom is 0.243 e. The highest BCUT2D eigenvalue weighted by molar-refractivity contribution is 7.89. The third-order valence-electron chi connectivity index (χ3n) is 3.58. The van der Waals surface area contributed by atoms with E-state index in [0.29, 0.717) is 0 Å². The number of fused-ring (bicyclic) bond motifs is 1. The summed E-state index contributed by atoms with van der Waals surface area (Å²) in [6, 6.07) is 12.4. The van der Waals surface area contributed by atoms with Crippen LogP contribution in [0.5, 0.6) is 0 Å². The van der Waals surface area contributed by atoms with E-state index in [0.717, 1.165) is 15.1 Å². The molecule has 2 aromatic rings. The molecule has 0 aromatic heterocycles. The number of aliphatic hydroxyl groups is 2. The number of nitrogens with zero attached hydrogens (tertiary/aromatic N) is 1. The fraction of sp³-hybridized carbons (Fsp3) is 0.286. The minimum Gasteiger partial charge on any atom is -0.389 e. The number of rotatable bonds is 2. The molecule has 20 heavy (non-hydrogen) atoms. The van der Waals surface area contributed by atoms with Gasteiger partial charge in [0.25, 0.3) is 0 Å². The number of benzene rings is 2. The first-order chi connectivity index (χ1) is 9.48. The molecule has 6 heteroatoms. The van der Waals surface area contributed by atoms with Crippen molar-refractivity contribution in [1.82, 2.24) is 4.31 Å². The van der Waals surface area contributed by atoms with Gasteiger partial charge in [-0.25, -0.2) is 8.42 Å². The Balaban J connectivity index is 2.01. The molecule has 0 bridgehead atoms. The molecule has 1 fully saturated rings. The van der Waals surface area contributed by atoms with Crippen LogP contribution in [0.25, 0.3) is 10.8 Å². The first-order valence-electron chi connectivity index (χ1n) is 6.33. The van der Waals surface area contributed by atoms with E-state index in [2.05, 4.69) is 0 Å². The zero-order valence-corrected chi connectivity index (χ0v) is 11.5. The summed E-state index contributed by atoms with van der Waals surface area (Å²) in [5.41, 5.74) is 0. The summed E-state index contributed by atoms with van der Waals surface area (Å²) in [7, 11) is -3.68. The number of aliphatic hydroxyl groups excluding tert-OH is 2. The Morgan fingerprint density at radius 2 is 1.55 bits per heavy atom. The van der Waals surface area contributed by atoms with E-state index in [1.54, 1.807) is 18.2 Å². The summed E-state index contributed by atoms with van der Waals surface area (Å²) < 4.78 is 26.1. The van der Waals surface area contributed by atoms with Crippen LogP contribution in [0, 0.1) is 0 Å². The molecule has 0 spiro atoms. The van der Waals surface area contributed by atoms with Gasteiger partial charge < -0.3 is 10.2 Å². The highest BCUT2D eigenvalue weighted by Crippen LogP contribution is 2.24.